The van der Waals surface area contributed by atoms with Crippen molar-refractivity contribution < 1.29 is 24.5 Å². The Morgan fingerprint density at radius 1 is 1.15 bits per heavy atom. The van der Waals surface area contributed by atoms with Gasteiger partial charge < -0.3 is 25.2 Å². The van der Waals surface area contributed by atoms with E-state index in [-0.39, 0.29) is 36.8 Å². The van der Waals surface area contributed by atoms with Crippen LogP contribution in [0.15, 0.2) is 48.6 Å². The van der Waals surface area contributed by atoms with E-state index in [1.165, 1.54) is 19.3 Å². The van der Waals surface area contributed by atoms with Crippen LogP contribution >= 0.6 is 22.6 Å². The largest absolute Gasteiger partial charge is 0.482 e. The van der Waals surface area contributed by atoms with Crippen molar-refractivity contribution in [2.75, 3.05) is 19.7 Å². The summed E-state index contributed by atoms with van der Waals surface area (Å²) in [5.41, 5.74) is 0.561. The molecule has 3 unspecified atom stereocenters. The Morgan fingerprint density at radius 2 is 1.82 bits per heavy atom. The summed E-state index contributed by atoms with van der Waals surface area (Å²) in [5, 5.41) is 23.8. The summed E-state index contributed by atoms with van der Waals surface area (Å²) in [6, 6.07) is 6.99. The first kappa shape index (κ1) is 28.6. The van der Waals surface area contributed by atoms with Gasteiger partial charge in [0.25, 0.3) is 0 Å². The fraction of sp³-hybridized carbons (Fsp3) is 0.613. The van der Waals surface area contributed by atoms with Crippen LogP contribution in [0.3, 0.4) is 0 Å². The molecule has 0 heterocycles. The number of nitrogens with zero attached hydrogens (tertiary/aromatic N) is 1. The number of nitrogens with one attached hydrogen (secondary N) is 1. The zero-order valence-electron chi connectivity index (χ0n) is 22.6. The van der Waals surface area contributed by atoms with Gasteiger partial charge in [-0.05, 0) is 109 Å². The highest BCUT2D eigenvalue weighted by Crippen LogP contribution is 2.60. The summed E-state index contributed by atoms with van der Waals surface area (Å²) < 4.78 is 7.20. The number of aliphatic hydroxyl groups is 2. The van der Waals surface area contributed by atoms with Crippen molar-refractivity contribution in [3.05, 3.63) is 52.1 Å². The van der Waals surface area contributed by atoms with Crippen LogP contribution in [0.25, 0.3) is 0 Å². The number of hydrogen-bond acceptors (Lipinski definition) is 5. The van der Waals surface area contributed by atoms with Crippen LogP contribution < -0.4 is 10.1 Å². The number of benzene rings is 1. The quantitative estimate of drug-likeness (QED) is 0.247. The summed E-state index contributed by atoms with van der Waals surface area (Å²) in [7, 11) is 0. The molecule has 0 spiro atoms. The second kappa shape index (κ2) is 12.3. The molecule has 39 heavy (non-hydrogen) atoms. The molecule has 2 amide bonds. The summed E-state index contributed by atoms with van der Waals surface area (Å²) in [4.78, 5) is 28.8. The molecule has 212 valence electrons. The first-order chi connectivity index (χ1) is 18.8. The third-order valence-electron chi connectivity index (χ3n) is 9.27. The average Bonchev–Trinajstić information content (AvgIpc) is 2.90. The topological polar surface area (TPSA) is 99.1 Å². The zero-order chi connectivity index (χ0) is 27.6. The van der Waals surface area contributed by atoms with E-state index >= 15 is 0 Å². The number of carbonyl (C=O) groups excluding carboxylic acids is 2. The maximum Gasteiger partial charge on any atom is 0.247 e. The summed E-state index contributed by atoms with van der Waals surface area (Å²) in [6.07, 6.45) is 10.2. The lowest BCUT2D eigenvalue weighted by atomic mass is 9.49. The molecular weight excluding hydrogens is 607 g/mol. The second-order valence-corrected chi connectivity index (χ2v) is 13.4. The van der Waals surface area contributed by atoms with Crippen LogP contribution in [-0.4, -0.2) is 64.9 Å². The molecular formula is C31H41IN2O5. The first-order valence-corrected chi connectivity index (χ1v) is 15.5. The van der Waals surface area contributed by atoms with E-state index in [9.17, 15) is 19.8 Å². The van der Waals surface area contributed by atoms with Crippen molar-refractivity contribution in [1.82, 2.24) is 10.2 Å². The number of allylic oxidation sites excluding steroid dienone is 1. The number of hydrogen-bond donors (Lipinski definition) is 3. The first-order valence-electron chi connectivity index (χ1n) is 14.4. The third kappa shape index (κ3) is 6.38. The molecule has 5 aliphatic rings. The van der Waals surface area contributed by atoms with E-state index in [0.29, 0.717) is 30.7 Å². The fourth-order valence-corrected chi connectivity index (χ4v) is 8.59. The van der Waals surface area contributed by atoms with Crippen molar-refractivity contribution in [2.24, 2.45) is 23.2 Å². The molecule has 4 bridgehead atoms. The maximum atomic E-state index is 13.8. The lowest BCUT2D eigenvalue weighted by Crippen LogP contribution is -2.59. The van der Waals surface area contributed by atoms with E-state index in [1.54, 1.807) is 12.2 Å². The van der Waals surface area contributed by atoms with Crippen molar-refractivity contribution >= 4 is 34.4 Å². The molecule has 0 saturated heterocycles. The number of amides is 2. The summed E-state index contributed by atoms with van der Waals surface area (Å²) in [6.45, 7) is 4.41. The Hall–Kier alpha value is -1.91. The SMILES string of the molecule is C=CCCC(=O)N(CC12CC3CC(CC(C3)C1)C2)C1CC(C(=O)NCCO)=CC(Oc2ccccc2I)C1O. The Morgan fingerprint density at radius 3 is 2.44 bits per heavy atom. The normalized spacial score (nSPS) is 32.8. The standard InChI is InChI=1S/C31H41IN2O5/c1-2-3-8-28(36)34(19-31-16-20-11-21(17-31)13-22(12-20)18-31)25-14-23(30(38)33-9-10-35)15-27(29(25)37)39-26-7-5-4-6-24(26)32/h2,4-7,15,20-22,25,27,29,35,37H,1,3,8-14,16-19H2,(H,33,38). The van der Waals surface area contributed by atoms with Gasteiger partial charge in [0.1, 0.15) is 18.0 Å². The van der Waals surface area contributed by atoms with Gasteiger partial charge in [0.2, 0.25) is 11.8 Å². The minimum atomic E-state index is -0.989. The van der Waals surface area contributed by atoms with Gasteiger partial charge in [-0.15, -0.1) is 6.58 Å². The minimum Gasteiger partial charge on any atom is -0.482 e. The molecule has 1 aromatic carbocycles. The third-order valence-corrected chi connectivity index (χ3v) is 10.2. The molecule has 8 heteroatoms. The van der Waals surface area contributed by atoms with Gasteiger partial charge >= 0.3 is 0 Å². The molecule has 0 radical (unpaired) electrons. The molecule has 6 rings (SSSR count). The molecule has 7 nitrogen and oxygen atoms in total. The molecule has 5 aliphatic carbocycles. The van der Waals surface area contributed by atoms with Crippen LogP contribution in [0.5, 0.6) is 5.75 Å². The van der Waals surface area contributed by atoms with Crippen LogP contribution in [-0.2, 0) is 9.59 Å². The van der Waals surface area contributed by atoms with Gasteiger partial charge in [0.15, 0.2) is 0 Å². The number of aliphatic hydroxyl groups excluding tert-OH is 2. The maximum absolute atomic E-state index is 13.8. The fourth-order valence-electron chi connectivity index (χ4n) is 8.07. The second-order valence-electron chi connectivity index (χ2n) is 12.2. The van der Waals surface area contributed by atoms with E-state index < -0.39 is 18.2 Å². The van der Waals surface area contributed by atoms with Gasteiger partial charge in [-0.1, -0.05) is 18.2 Å². The number of carbonyl (C=O) groups is 2. The van der Waals surface area contributed by atoms with Crippen molar-refractivity contribution in [1.29, 1.82) is 0 Å². The van der Waals surface area contributed by atoms with Gasteiger partial charge in [0.05, 0.1) is 16.2 Å². The van der Waals surface area contributed by atoms with E-state index in [2.05, 4.69) is 34.5 Å². The van der Waals surface area contributed by atoms with Gasteiger partial charge in [-0.2, -0.15) is 0 Å². The molecule has 0 aromatic heterocycles. The van der Waals surface area contributed by atoms with E-state index in [1.807, 2.05) is 29.2 Å². The predicted octanol–water partition coefficient (Wildman–Crippen LogP) is 4.22. The lowest BCUT2D eigenvalue weighted by molar-refractivity contribution is -0.147. The molecule has 4 saturated carbocycles. The summed E-state index contributed by atoms with van der Waals surface area (Å²) >= 11 is 2.19. The van der Waals surface area contributed by atoms with Crippen molar-refractivity contribution in [3.63, 3.8) is 0 Å². The molecule has 3 atom stereocenters. The van der Waals surface area contributed by atoms with Crippen LogP contribution in [0.4, 0.5) is 0 Å². The highest BCUT2D eigenvalue weighted by molar-refractivity contribution is 14.1. The highest BCUT2D eigenvalue weighted by atomic mass is 127. The Balaban J connectivity index is 1.46. The van der Waals surface area contributed by atoms with Crippen LogP contribution in [0.1, 0.15) is 57.8 Å². The average molecular weight is 649 g/mol. The number of ether oxygens (including phenoxy) is 1. The van der Waals surface area contributed by atoms with Gasteiger partial charge in [-0.3, -0.25) is 9.59 Å². The Labute approximate surface area is 245 Å². The van der Waals surface area contributed by atoms with Gasteiger partial charge in [-0.25, -0.2) is 0 Å². The van der Waals surface area contributed by atoms with Crippen molar-refractivity contribution in [3.8, 4) is 5.75 Å². The Bertz CT molecular complexity index is 1070. The molecule has 4 fully saturated rings. The summed E-state index contributed by atoms with van der Waals surface area (Å²) in [5.74, 6) is 2.56. The predicted molar refractivity (Wildman–Crippen MR) is 158 cm³/mol. The van der Waals surface area contributed by atoms with Crippen LogP contribution in [0, 0.1) is 26.7 Å². The lowest BCUT2D eigenvalue weighted by Gasteiger charge is -2.58. The molecule has 1 aromatic rings. The van der Waals surface area contributed by atoms with Gasteiger partial charge in [0, 0.05) is 31.5 Å². The smallest absolute Gasteiger partial charge is 0.247 e. The Kier molecular flexibility index (Phi) is 9.03. The molecule has 3 N–H and O–H groups in total. The zero-order valence-corrected chi connectivity index (χ0v) is 24.7. The van der Waals surface area contributed by atoms with E-state index in [4.69, 9.17) is 4.74 Å². The highest BCUT2D eigenvalue weighted by Gasteiger charge is 2.53. The number of rotatable bonds is 11. The van der Waals surface area contributed by atoms with Crippen LogP contribution in [0.2, 0.25) is 0 Å². The molecule has 0 aliphatic heterocycles. The monoisotopic (exact) mass is 648 g/mol. The number of para-hydroxylation sites is 1. The van der Waals surface area contributed by atoms with E-state index in [0.717, 1.165) is 40.6 Å². The minimum absolute atomic E-state index is 0.000228. The van der Waals surface area contributed by atoms with Crippen molar-refractivity contribution in [2.45, 2.75) is 76.0 Å². The number of halogens is 1.